The molecule has 0 aliphatic carbocycles. The number of carboxylic acids is 2. The summed E-state index contributed by atoms with van der Waals surface area (Å²) in [6.07, 6.45) is 0. The van der Waals surface area contributed by atoms with Gasteiger partial charge in [-0.15, -0.1) is 0 Å². The number of nitrogens with one attached hydrogen (secondary N) is 1. The van der Waals surface area contributed by atoms with Crippen LogP contribution in [0.3, 0.4) is 0 Å². The average molecular weight is 232 g/mol. The molecule has 0 saturated carbocycles. The van der Waals surface area contributed by atoms with Gasteiger partial charge in [-0.3, -0.25) is 0 Å². The monoisotopic (exact) mass is 232 g/mol. The predicted molar refractivity (Wildman–Crippen MR) is 57.9 cm³/mol. The van der Waals surface area contributed by atoms with Crippen molar-refractivity contribution in [3.8, 4) is 11.3 Å². The molecule has 0 atom stereocenters. The Morgan fingerprint density at radius 3 is 2.24 bits per heavy atom. The van der Waals surface area contributed by atoms with Crippen molar-refractivity contribution in [2.24, 2.45) is 0 Å². The van der Waals surface area contributed by atoms with Crippen molar-refractivity contribution in [1.29, 1.82) is 0 Å². The van der Waals surface area contributed by atoms with E-state index in [0.717, 1.165) is 0 Å². The van der Waals surface area contributed by atoms with Crippen LogP contribution in [0.25, 0.3) is 11.3 Å². The van der Waals surface area contributed by atoms with Crippen molar-refractivity contribution in [3.63, 3.8) is 0 Å². The van der Waals surface area contributed by atoms with E-state index in [-0.39, 0.29) is 17.2 Å². The first-order chi connectivity index (χ1) is 8.09. The largest absolute Gasteiger partial charge is 0.477 e. The summed E-state index contributed by atoms with van der Waals surface area (Å²) in [5.41, 5.74) is 0.442. The highest BCUT2D eigenvalue weighted by Crippen LogP contribution is 2.21. The quantitative estimate of drug-likeness (QED) is 0.743. The van der Waals surface area contributed by atoms with Gasteiger partial charge in [0.25, 0.3) is 0 Å². The highest BCUT2D eigenvalue weighted by atomic mass is 16.4. The SMILES string of the molecule is O=C(O)c1nc(-c2ccccc2)c(C(=O)O)[nH]1. The minimum Gasteiger partial charge on any atom is -0.477 e. The molecule has 2 rings (SSSR count). The van der Waals surface area contributed by atoms with Crippen LogP contribution < -0.4 is 0 Å². The Kier molecular flexibility index (Phi) is 2.61. The molecule has 6 heteroatoms. The molecule has 1 aromatic carbocycles. The molecular formula is C11H8N2O4. The van der Waals surface area contributed by atoms with Crippen LogP contribution in [0.1, 0.15) is 21.1 Å². The lowest BCUT2D eigenvalue weighted by Crippen LogP contribution is -2.01. The number of aromatic amines is 1. The molecule has 0 unspecified atom stereocenters. The maximum atomic E-state index is 11.0. The Labute approximate surface area is 95.6 Å². The molecule has 0 aliphatic heterocycles. The number of aromatic carboxylic acids is 2. The number of aromatic nitrogens is 2. The van der Waals surface area contributed by atoms with E-state index in [9.17, 15) is 9.59 Å². The van der Waals surface area contributed by atoms with Gasteiger partial charge in [0.05, 0.1) is 0 Å². The Morgan fingerprint density at radius 2 is 1.71 bits per heavy atom. The number of carbonyl (C=O) groups is 2. The Balaban J connectivity index is 2.60. The van der Waals surface area contributed by atoms with E-state index in [0.29, 0.717) is 5.56 Å². The Morgan fingerprint density at radius 1 is 1.06 bits per heavy atom. The number of nitrogens with zero attached hydrogens (tertiary/aromatic N) is 1. The van der Waals surface area contributed by atoms with Gasteiger partial charge < -0.3 is 15.2 Å². The summed E-state index contributed by atoms with van der Waals surface area (Å²) in [6, 6.07) is 8.53. The Bertz CT molecular complexity index is 574. The minimum atomic E-state index is -1.30. The van der Waals surface area contributed by atoms with E-state index in [4.69, 9.17) is 10.2 Å². The molecule has 2 aromatic rings. The van der Waals surface area contributed by atoms with Crippen LogP contribution in [0, 0.1) is 0 Å². The molecule has 0 radical (unpaired) electrons. The second-order valence-electron chi connectivity index (χ2n) is 3.29. The fourth-order valence-electron chi connectivity index (χ4n) is 1.43. The molecule has 0 amide bonds. The van der Waals surface area contributed by atoms with E-state index in [1.54, 1.807) is 30.3 Å². The molecule has 0 fully saturated rings. The van der Waals surface area contributed by atoms with Gasteiger partial charge in [0, 0.05) is 5.56 Å². The standard InChI is InChI=1S/C11H8N2O4/c14-10(15)8-7(6-4-2-1-3-5-6)12-9(13-8)11(16)17/h1-5H,(H,12,13)(H,14,15)(H,16,17). The number of imidazole rings is 1. The van der Waals surface area contributed by atoms with E-state index in [1.165, 1.54) is 0 Å². The normalized spacial score (nSPS) is 10.1. The van der Waals surface area contributed by atoms with Crippen molar-refractivity contribution in [2.75, 3.05) is 0 Å². The number of carboxylic acid groups (broad SMARTS) is 2. The lowest BCUT2D eigenvalue weighted by molar-refractivity contribution is 0.0684. The first-order valence-electron chi connectivity index (χ1n) is 4.71. The van der Waals surface area contributed by atoms with Crippen molar-refractivity contribution in [1.82, 2.24) is 9.97 Å². The van der Waals surface area contributed by atoms with Crippen LogP contribution in [0.4, 0.5) is 0 Å². The minimum absolute atomic E-state index is 0.121. The molecular weight excluding hydrogens is 224 g/mol. The zero-order valence-electron chi connectivity index (χ0n) is 8.54. The maximum absolute atomic E-state index is 11.0. The molecule has 86 valence electrons. The number of H-pyrrole nitrogens is 1. The van der Waals surface area contributed by atoms with Crippen molar-refractivity contribution in [2.45, 2.75) is 0 Å². The third-order valence-corrected chi connectivity index (χ3v) is 2.17. The van der Waals surface area contributed by atoms with Crippen LogP contribution in [-0.4, -0.2) is 32.1 Å². The van der Waals surface area contributed by atoms with E-state index in [2.05, 4.69) is 9.97 Å². The molecule has 0 spiro atoms. The van der Waals surface area contributed by atoms with Crippen LogP contribution >= 0.6 is 0 Å². The summed E-state index contributed by atoms with van der Waals surface area (Å²) in [5, 5.41) is 17.7. The summed E-state index contributed by atoms with van der Waals surface area (Å²) in [7, 11) is 0. The molecule has 0 bridgehead atoms. The van der Waals surface area contributed by atoms with Gasteiger partial charge in [-0.2, -0.15) is 0 Å². The number of benzene rings is 1. The first-order valence-corrected chi connectivity index (χ1v) is 4.71. The summed E-state index contributed by atoms with van der Waals surface area (Å²) >= 11 is 0. The fraction of sp³-hybridized carbons (Fsp3) is 0. The van der Waals surface area contributed by atoms with Gasteiger partial charge in [0.15, 0.2) is 5.69 Å². The molecule has 17 heavy (non-hydrogen) atoms. The van der Waals surface area contributed by atoms with Gasteiger partial charge in [0.1, 0.15) is 5.69 Å². The van der Waals surface area contributed by atoms with Crippen LogP contribution in [0.2, 0.25) is 0 Å². The summed E-state index contributed by atoms with van der Waals surface area (Å²) in [6.45, 7) is 0. The molecule has 1 heterocycles. The first kappa shape index (κ1) is 10.9. The lowest BCUT2D eigenvalue weighted by Gasteiger charge is -1.97. The number of hydrogen-bond acceptors (Lipinski definition) is 3. The molecule has 1 aromatic heterocycles. The predicted octanol–water partition coefficient (Wildman–Crippen LogP) is 1.47. The van der Waals surface area contributed by atoms with E-state index < -0.39 is 11.9 Å². The second-order valence-corrected chi connectivity index (χ2v) is 3.29. The van der Waals surface area contributed by atoms with Gasteiger partial charge in [-0.05, 0) is 0 Å². The van der Waals surface area contributed by atoms with Gasteiger partial charge in [-0.1, -0.05) is 30.3 Å². The zero-order chi connectivity index (χ0) is 12.4. The average Bonchev–Trinajstić information content (AvgIpc) is 2.75. The fourth-order valence-corrected chi connectivity index (χ4v) is 1.43. The van der Waals surface area contributed by atoms with Crippen molar-refractivity contribution < 1.29 is 19.8 Å². The second kappa shape index (κ2) is 4.09. The van der Waals surface area contributed by atoms with Crippen LogP contribution in [-0.2, 0) is 0 Å². The van der Waals surface area contributed by atoms with E-state index >= 15 is 0 Å². The van der Waals surface area contributed by atoms with Crippen LogP contribution in [0.15, 0.2) is 30.3 Å². The van der Waals surface area contributed by atoms with Gasteiger partial charge in [0.2, 0.25) is 5.82 Å². The third-order valence-electron chi connectivity index (χ3n) is 2.17. The maximum Gasteiger partial charge on any atom is 0.371 e. The molecule has 3 N–H and O–H groups in total. The highest BCUT2D eigenvalue weighted by molar-refractivity contribution is 5.95. The number of rotatable bonds is 3. The van der Waals surface area contributed by atoms with Crippen molar-refractivity contribution >= 4 is 11.9 Å². The van der Waals surface area contributed by atoms with Gasteiger partial charge in [-0.25, -0.2) is 14.6 Å². The topological polar surface area (TPSA) is 103 Å². The highest BCUT2D eigenvalue weighted by Gasteiger charge is 2.20. The zero-order valence-corrected chi connectivity index (χ0v) is 8.54. The number of hydrogen-bond donors (Lipinski definition) is 3. The Hall–Kier alpha value is -2.63. The molecule has 6 nitrogen and oxygen atoms in total. The molecule has 0 saturated heterocycles. The smallest absolute Gasteiger partial charge is 0.371 e. The van der Waals surface area contributed by atoms with Crippen LogP contribution in [0.5, 0.6) is 0 Å². The molecule has 0 aliphatic rings. The summed E-state index contributed by atoms with van der Waals surface area (Å²) in [5.74, 6) is -2.93. The van der Waals surface area contributed by atoms with E-state index in [1.807, 2.05) is 0 Å². The lowest BCUT2D eigenvalue weighted by atomic mass is 10.1. The van der Waals surface area contributed by atoms with Gasteiger partial charge >= 0.3 is 11.9 Å². The van der Waals surface area contributed by atoms with Crippen molar-refractivity contribution in [3.05, 3.63) is 41.9 Å². The summed E-state index contributed by atoms with van der Waals surface area (Å²) < 4.78 is 0. The third kappa shape index (κ3) is 2.00. The summed E-state index contributed by atoms with van der Waals surface area (Å²) in [4.78, 5) is 27.7.